The summed E-state index contributed by atoms with van der Waals surface area (Å²) in [6.45, 7) is 7.76. The lowest BCUT2D eigenvalue weighted by molar-refractivity contribution is -0.121. The van der Waals surface area contributed by atoms with Gasteiger partial charge >= 0.3 is 0 Å². The summed E-state index contributed by atoms with van der Waals surface area (Å²) in [5, 5.41) is 0. The average molecular weight is 472 g/mol. The summed E-state index contributed by atoms with van der Waals surface area (Å²) in [7, 11) is 0. The van der Waals surface area contributed by atoms with Crippen molar-refractivity contribution in [2.45, 2.75) is 71.8 Å². The minimum Gasteiger partial charge on any atom is -0.485 e. The predicted molar refractivity (Wildman–Crippen MR) is 137 cm³/mol. The van der Waals surface area contributed by atoms with Crippen LogP contribution in [0.5, 0.6) is 5.75 Å². The van der Waals surface area contributed by atoms with E-state index in [-0.39, 0.29) is 29.5 Å². The fourth-order valence-electron chi connectivity index (χ4n) is 5.62. The van der Waals surface area contributed by atoms with Gasteiger partial charge in [-0.3, -0.25) is 9.78 Å². The number of pyridine rings is 1. The van der Waals surface area contributed by atoms with Crippen LogP contribution in [0.15, 0.2) is 48.7 Å². The molecule has 1 aliphatic carbocycles. The van der Waals surface area contributed by atoms with Gasteiger partial charge in [-0.15, -0.1) is 0 Å². The van der Waals surface area contributed by atoms with Gasteiger partial charge in [0, 0.05) is 17.2 Å². The molecular weight excluding hydrogens is 437 g/mol. The number of benzene rings is 2. The molecule has 1 aromatic heterocycles. The lowest BCUT2D eigenvalue weighted by atomic mass is 9.80. The van der Waals surface area contributed by atoms with E-state index in [1.807, 2.05) is 19.1 Å². The number of hydrogen-bond acceptors (Lipinski definition) is 3. The molecule has 3 aromatic rings. The molecule has 1 aliphatic heterocycles. The van der Waals surface area contributed by atoms with Crippen LogP contribution in [-0.2, 0) is 17.6 Å². The van der Waals surface area contributed by atoms with Gasteiger partial charge in [0.05, 0.1) is 6.20 Å². The number of aromatic nitrogens is 1. The van der Waals surface area contributed by atoms with E-state index in [4.69, 9.17) is 4.74 Å². The third-order valence-electron chi connectivity index (χ3n) is 7.90. The Kier molecular flexibility index (Phi) is 6.48. The van der Waals surface area contributed by atoms with E-state index in [1.165, 1.54) is 30.2 Å². The monoisotopic (exact) mass is 471 g/mol. The van der Waals surface area contributed by atoms with Gasteiger partial charge in [-0.05, 0) is 97.7 Å². The van der Waals surface area contributed by atoms with Crippen LogP contribution < -0.4 is 4.74 Å². The van der Waals surface area contributed by atoms with Crippen molar-refractivity contribution in [1.29, 1.82) is 0 Å². The number of hydrogen-bond donors (Lipinski definition) is 0. The SMILES string of the molecule is CCc1cc(C2CCc3ccc([C@H](C4CC4)[C@H](C)C(C)=O)cc3O2)ccc1-c1cc(C)ncc1F. The predicted octanol–water partition coefficient (Wildman–Crippen LogP) is 7.54. The van der Waals surface area contributed by atoms with Crippen molar-refractivity contribution in [3.63, 3.8) is 0 Å². The standard InChI is InChI=1S/C31H34FNO2/c1-5-21-15-24(10-12-26(21)27-14-18(2)33-17-28(27)32)29-13-11-22-6-9-25(16-30(22)35-29)31(23-7-8-23)19(3)20(4)34/h6,9-10,12,14-17,19,23,29,31H,5,7-8,11,13H2,1-4H3/t19-,29?,31+/m1/s1. The minimum absolute atomic E-state index is 0.0248. The van der Waals surface area contributed by atoms with Crippen molar-refractivity contribution in [2.24, 2.45) is 11.8 Å². The summed E-state index contributed by atoms with van der Waals surface area (Å²) in [5.41, 5.74) is 7.02. The van der Waals surface area contributed by atoms with E-state index in [9.17, 15) is 9.18 Å². The molecule has 1 saturated carbocycles. The second kappa shape index (κ2) is 9.56. The molecule has 5 rings (SSSR count). The maximum Gasteiger partial charge on any atom is 0.149 e. The highest BCUT2D eigenvalue weighted by Crippen LogP contribution is 2.48. The summed E-state index contributed by atoms with van der Waals surface area (Å²) in [4.78, 5) is 16.3. The smallest absolute Gasteiger partial charge is 0.149 e. The first-order valence-corrected chi connectivity index (χ1v) is 12.9. The molecule has 0 bridgehead atoms. The molecule has 35 heavy (non-hydrogen) atoms. The van der Waals surface area contributed by atoms with Crippen LogP contribution in [0, 0.1) is 24.6 Å². The number of carbonyl (C=O) groups excluding carboxylic acids is 1. The Bertz CT molecular complexity index is 1260. The fourth-order valence-corrected chi connectivity index (χ4v) is 5.62. The van der Waals surface area contributed by atoms with Crippen LogP contribution in [0.3, 0.4) is 0 Å². The molecule has 3 nitrogen and oxygen atoms in total. The zero-order chi connectivity index (χ0) is 24.7. The number of aryl methyl sites for hydroxylation is 3. The highest BCUT2D eigenvalue weighted by molar-refractivity contribution is 5.79. The highest BCUT2D eigenvalue weighted by atomic mass is 19.1. The van der Waals surface area contributed by atoms with Gasteiger partial charge in [0.25, 0.3) is 0 Å². The number of ether oxygens (including phenoxy) is 1. The third-order valence-corrected chi connectivity index (χ3v) is 7.90. The molecular formula is C31H34FNO2. The molecule has 0 radical (unpaired) electrons. The van der Waals surface area contributed by atoms with E-state index < -0.39 is 0 Å². The Labute approximate surface area is 207 Å². The van der Waals surface area contributed by atoms with Gasteiger partial charge in [-0.2, -0.15) is 0 Å². The van der Waals surface area contributed by atoms with Crippen LogP contribution in [0.25, 0.3) is 11.1 Å². The number of nitrogens with zero attached hydrogens (tertiary/aromatic N) is 1. The molecule has 3 atom stereocenters. The van der Waals surface area contributed by atoms with Crippen molar-refractivity contribution in [2.75, 3.05) is 0 Å². The van der Waals surface area contributed by atoms with Crippen molar-refractivity contribution in [3.8, 4) is 16.9 Å². The Morgan fingerprint density at radius 1 is 1.11 bits per heavy atom. The maximum absolute atomic E-state index is 14.6. The Balaban J connectivity index is 1.43. The molecule has 182 valence electrons. The summed E-state index contributed by atoms with van der Waals surface area (Å²) >= 11 is 0. The summed E-state index contributed by atoms with van der Waals surface area (Å²) in [5.74, 6) is 1.80. The van der Waals surface area contributed by atoms with E-state index in [0.29, 0.717) is 11.5 Å². The number of ketones is 1. The van der Waals surface area contributed by atoms with Gasteiger partial charge in [-0.1, -0.05) is 44.2 Å². The van der Waals surface area contributed by atoms with Gasteiger partial charge < -0.3 is 4.74 Å². The summed E-state index contributed by atoms with van der Waals surface area (Å²) in [6.07, 6.45) is 6.35. The van der Waals surface area contributed by atoms with Crippen LogP contribution >= 0.6 is 0 Å². The van der Waals surface area contributed by atoms with Gasteiger partial charge in [0.2, 0.25) is 0 Å². The van der Waals surface area contributed by atoms with Crippen LogP contribution in [0.4, 0.5) is 4.39 Å². The van der Waals surface area contributed by atoms with Crippen molar-refractivity contribution in [1.82, 2.24) is 4.98 Å². The lowest BCUT2D eigenvalue weighted by Crippen LogP contribution is -2.20. The first kappa shape index (κ1) is 23.7. The maximum atomic E-state index is 14.6. The second-order valence-electron chi connectivity index (χ2n) is 10.4. The molecule has 0 spiro atoms. The number of Topliss-reactive ketones (excluding diaryl/α,β-unsaturated/α-hetero) is 1. The molecule has 2 aromatic carbocycles. The molecule has 1 fully saturated rings. The zero-order valence-electron chi connectivity index (χ0n) is 21.1. The van der Waals surface area contributed by atoms with Crippen molar-refractivity contribution in [3.05, 3.63) is 82.4 Å². The minimum atomic E-state index is -0.293. The Hall–Kier alpha value is -3.01. The van der Waals surface area contributed by atoms with E-state index >= 15 is 0 Å². The number of halogens is 1. The van der Waals surface area contributed by atoms with E-state index in [0.717, 1.165) is 47.4 Å². The van der Waals surface area contributed by atoms with E-state index in [2.05, 4.69) is 49.2 Å². The van der Waals surface area contributed by atoms with Gasteiger partial charge in [0.15, 0.2) is 0 Å². The Morgan fingerprint density at radius 3 is 2.63 bits per heavy atom. The largest absolute Gasteiger partial charge is 0.485 e. The summed E-state index contributed by atoms with van der Waals surface area (Å²) < 4.78 is 21.1. The number of fused-ring (bicyclic) bond motifs is 1. The van der Waals surface area contributed by atoms with E-state index in [1.54, 1.807) is 6.92 Å². The van der Waals surface area contributed by atoms with Crippen molar-refractivity contribution >= 4 is 5.78 Å². The number of carbonyl (C=O) groups is 1. The highest BCUT2D eigenvalue weighted by Gasteiger charge is 2.38. The lowest BCUT2D eigenvalue weighted by Gasteiger charge is -2.29. The fraction of sp³-hybridized carbons (Fsp3) is 0.419. The third kappa shape index (κ3) is 4.76. The quantitative estimate of drug-likeness (QED) is 0.357. The molecule has 0 N–H and O–H groups in total. The van der Waals surface area contributed by atoms with Crippen LogP contribution in [0.1, 0.15) is 80.0 Å². The molecule has 2 aliphatic rings. The normalized spacial score (nSPS) is 18.9. The first-order chi connectivity index (χ1) is 16.9. The average Bonchev–Trinajstić information content (AvgIpc) is 3.70. The molecule has 0 saturated heterocycles. The summed E-state index contributed by atoms with van der Waals surface area (Å²) in [6, 6.07) is 14.7. The number of rotatable bonds is 7. The van der Waals surface area contributed by atoms with Crippen molar-refractivity contribution < 1.29 is 13.9 Å². The Morgan fingerprint density at radius 2 is 1.91 bits per heavy atom. The van der Waals surface area contributed by atoms with Crippen LogP contribution in [0.2, 0.25) is 0 Å². The van der Waals surface area contributed by atoms with Crippen LogP contribution in [-0.4, -0.2) is 10.8 Å². The molecule has 1 unspecified atom stereocenters. The topological polar surface area (TPSA) is 39.2 Å². The molecule has 0 amide bonds. The molecule has 2 heterocycles. The first-order valence-electron chi connectivity index (χ1n) is 12.9. The second-order valence-corrected chi connectivity index (χ2v) is 10.4. The van der Waals surface area contributed by atoms with Gasteiger partial charge in [0.1, 0.15) is 23.5 Å². The molecule has 4 heteroatoms. The van der Waals surface area contributed by atoms with Gasteiger partial charge in [-0.25, -0.2) is 4.39 Å². The zero-order valence-corrected chi connectivity index (χ0v) is 21.1.